The largest absolute Gasteiger partial charge is 0.393 e. The highest BCUT2D eigenvalue weighted by Gasteiger charge is 2.60. The molecule has 4 rings (SSSR count). The van der Waals surface area contributed by atoms with Crippen LogP contribution in [0, 0.1) is 12.7 Å². The molecule has 1 N–H and O–H groups in total. The van der Waals surface area contributed by atoms with Crippen molar-refractivity contribution < 1.29 is 19.1 Å². The van der Waals surface area contributed by atoms with Crippen LogP contribution in [0.1, 0.15) is 24.0 Å². The first-order valence-corrected chi connectivity index (χ1v) is 9.49. The van der Waals surface area contributed by atoms with Crippen LogP contribution in [0.25, 0.3) is 0 Å². The molecule has 2 aromatic rings. The molecule has 7 heteroatoms. The molecule has 0 atom stereocenters. The fraction of sp³-hybridized carbons (Fsp3) is 0.333. The summed E-state index contributed by atoms with van der Waals surface area (Å²) in [6.07, 6.45) is -0.364. The summed E-state index contributed by atoms with van der Waals surface area (Å²) in [5.74, 6) is -1.30. The Morgan fingerprint density at radius 1 is 1.18 bits per heavy atom. The van der Waals surface area contributed by atoms with Crippen LogP contribution >= 0.6 is 11.6 Å². The first-order chi connectivity index (χ1) is 13.3. The Balaban J connectivity index is 1.68. The van der Waals surface area contributed by atoms with Gasteiger partial charge in [-0.25, -0.2) is 4.39 Å². The number of aliphatic hydroxyl groups is 1. The number of benzene rings is 2. The minimum absolute atomic E-state index is 0.0264. The van der Waals surface area contributed by atoms with E-state index >= 15 is 0 Å². The van der Waals surface area contributed by atoms with Gasteiger partial charge in [-0.3, -0.25) is 14.5 Å². The first kappa shape index (κ1) is 18.9. The molecule has 2 aliphatic rings. The summed E-state index contributed by atoms with van der Waals surface area (Å²) in [4.78, 5) is 29.0. The van der Waals surface area contributed by atoms with Crippen molar-refractivity contribution in [1.29, 1.82) is 0 Å². The number of hydrogen-bond donors (Lipinski definition) is 1. The van der Waals surface area contributed by atoms with Gasteiger partial charge in [0.15, 0.2) is 0 Å². The molecule has 2 amide bonds. The molecular formula is C21H20ClFN2O3. The molecule has 1 aliphatic heterocycles. The van der Waals surface area contributed by atoms with E-state index in [-0.39, 0.29) is 48.5 Å². The van der Waals surface area contributed by atoms with Crippen molar-refractivity contribution in [1.82, 2.24) is 4.90 Å². The summed E-state index contributed by atoms with van der Waals surface area (Å²) >= 11 is 5.81. The van der Waals surface area contributed by atoms with E-state index in [1.807, 2.05) is 31.2 Å². The number of piperazine rings is 1. The van der Waals surface area contributed by atoms with Crippen molar-refractivity contribution in [2.75, 3.05) is 11.4 Å². The fourth-order valence-corrected chi connectivity index (χ4v) is 4.18. The summed E-state index contributed by atoms with van der Waals surface area (Å²) < 4.78 is 14.4. The molecule has 2 fully saturated rings. The third-order valence-electron chi connectivity index (χ3n) is 5.56. The molecule has 146 valence electrons. The van der Waals surface area contributed by atoms with Crippen molar-refractivity contribution >= 4 is 29.1 Å². The fourth-order valence-electron chi connectivity index (χ4n) is 4.02. The van der Waals surface area contributed by atoms with Gasteiger partial charge in [-0.1, -0.05) is 41.4 Å². The van der Waals surface area contributed by atoms with Gasteiger partial charge < -0.3 is 10.0 Å². The summed E-state index contributed by atoms with van der Waals surface area (Å²) in [5, 5.41) is 10.2. The number of amides is 2. The lowest BCUT2D eigenvalue weighted by Crippen LogP contribution is -2.73. The lowest BCUT2D eigenvalue weighted by atomic mass is 9.70. The Kier molecular flexibility index (Phi) is 4.63. The number of carbonyl (C=O) groups excluding carboxylic acids is 2. The number of hydrogen-bond acceptors (Lipinski definition) is 3. The van der Waals surface area contributed by atoms with Gasteiger partial charge in [-0.15, -0.1) is 0 Å². The number of carbonyl (C=O) groups is 2. The van der Waals surface area contributed by atoms with Gasteiger partial charge in [0.1, 0.15) is 17.9 Å². The Morgan fingerprint density at radius 2 is 1.86 bits per heavy atom. The van der Waals surface area contributed by atoms with Crippen LogP contribution in [0.5, 0.6) is 0 Å². The highest BCUT2D eigenvalue weighted by atomic mass is 35.5. The van der Waals surface area contributed by atoms with Crippen LogP contribution in [-0.4, -0.2) is 40.0 Å². The minimum atomic E-state index is -1.15. The van der Waals surface area contributed by atoms with Gasteiger partial charge in [0.05, 0.1) is 11.8 Å². The zero-order chi connectivity index (χ0) is 20.1. The van der Waals surface area contributed by atoms with Gasteiger partial charge >= 0.3 is 0 Å². The quantitative estimate of drug-likeness (QED) is 0.858. The highest BCUT2D eigenvalue weighted by Crippen LogP contribution is 2.44. The van der Waals surface area contributed by atoms with Crippen molar-refractivity contribution in [2.45, 2.75) is 38.0 Å². The minimum Gasteiger partial charge on any atom is -0.393 e. The van der Waals surface area contributed by atoms with Crippen LogP contribution < -0.4 is 4.90 Å². The number of nitrogens with zero attached hydrogens (tertiary/aromatic N) is 2. The zero-order valence-corrected chi connectivity index (χ0v) is 16.1. The number of aliphatic hydroxyl groups excluding tert-OH is 1. The average Bonchev–Trinajstić information content (AvgIpc) is 2.62. The molecule has 5 nitrogen and oxygen atoms in total. The number of rotatable bonds is 3. The molecule has 1 saturated heterocycles. The molecule has 0 unspecified atom stereocenters. The van der Waals surface area contributed by atoms with Gasteiger partial charge in [0.2, 0.25) is 5.91 Å². The van der Waals surface area contributed by atoms with Crippen LogP contribution in [0.3, 0.4) is 0 Å². The van der Waals surface area contributed by atoms with E-state index < -0.39 is 17.5 Å². The molecule has 2 aromatic carbocycles. The van der Waals surface area contributed by atoms with E-state index in [1.165, 1.54) is 21.9 Å². The van der Waals surface area contributed by atoms with E-state index in [9.17, 15) is 19.1 Å². The predicted octanol–water partition coefficient (Wildman–Crippen LogP) is 3.06. The average molecular weight is 403 g/mol. The van der Waals surface area contributed by atoms with Crippen molar-refractivity contribution in [2.24, 2.45) is 0 Å². The lowest BCUT2D eigenvalue weighted by molar-refractivity contribution is -0.167. The molecule has 0 radical (unpaired) electrons. The van der Waals surface area contributed by atoms with Crippen LogP contribution in [-0.2, 0) is 16.1 Å². The van der Waals surface area contributed by atoms with Crippen LogP contribution in [0.2, 0.25) is 5.02 Å². The predicted molar refractivity (Wildman–Crippen MR) is 103 cm³/mol. The molecule has 1 spiro atoms. The Morgan fingerprint density at radius 3 is 2.46 bits per heavy atom. The SMILES string of the molecule is Cc1ccc(CN2C(=O)CN(c3ccc(Cl)cc3F)C(=O)C23CC(O)C3)cc1. The summed E-state index contributed by atoms with van der Waals surface area (Å²) in [6, 6.07) is 11.7. The Labute approximate surface area is 167 Å². The second-order valence-corrected chi connectivity index (χ2v) is 7.98. The maximum Gasteiger partial charge on any atom is 0.253 e. The van der Waals surface area contributed by atoms with E-state index in [2.05, 4.69) is 0 Å². The van der Waals surface area contributed by atoms with E-state index in [0.29, 0.717) is 0 Å². The summed E-state index contributed by atoms with van der Waals surface area (Å²) in [6.45, 7) is 2.00. The van der Waals surface area contributed by atoms with Crippen LogP contribution in [0.4, 0.5) is 10.1 Å². The van der Waals surface area contributed by atoms with Crippen LogP contribution in [0.15, 0.2) is 42.5 Å². The van der Waals surface area contributed by atoms with E-state index in [1.54, 1.807) is 0 Å². The van der Waals surface area contributed by atoms with Crippen molar-refractivity contribution in [3.05, 3.63) is 64.4 Å². The van der Waals surface area contributed by atoms with Gasteiger partial charge in [0.25, 0.3) is 5.91 Å². The standard InChI is InChI=1S/C21H20ClFN2O3/c1-13-2-4-14(5-3-13)11-25-19(27)12-24(18-7-6-15(22)8-17(18)23)20(28)21(25)9-16(26)10-21/h2-8,16,26H,9-12H2,1H3. The van der Waals surface area contributed by atoms with Gasteiger partial charge in [-0.05, 0) is 30.7 Å². The van der Waals surface area contributed by atoms with E-state index in [0.717, 1.165) is 17.2 Å². The second-order valence-electron chi connectivity index (χ2n) is 7.55. The molecule has 0 bridgehead atoms. The maximum absolute atomic E-state index is 14.4. The highest BCUT2D eigenvalue weighted by molar-refractivity contribution is 6.30. The van der Waals surface area contributed by atoms with Gasteiger partial charge in [0, 0.05) is 24.4 Å². The zero-order valence-electron chi connectivity index (χ0n) is 15.4. The molecular weight excluding hydrogens is 383 g/mol. The molecule has 1 aliphatic carbocycles. The normalized spacial score (nSPS) is 24.6. The topological polar surface area (TPSA) is 60.9 Å². The molecule has 0 aromatic heterocycles. The monoisotopic (exact) mass is 402 g/mol. The molecule has 1 heterocycles. The van der Waals surface area contributed by atoms with Gasteiger partial charge in [-0.2, -0.15) is 0 Å². The third-order valence-corrected chi connectivity index (χ3v) is 5.80. The third kappa shape index (κ3) is 3.06. The van der Waals surface area contributed by atoms with Crippen molar-refractivity contribution in [3.63, 3.8) is 0 Å². The molecule has 1 saturated carbocycles. The Bertz CT molecular complexity index is 941. The number of anilines is 1. The Hall–Kier alpha value is -2.44. The van der Waals surface area contributed by atoms with Crippen molar-refractivity contribution in [3.8, 4) is 0 Å². The number of aryl methyl sites for hydroxylation is 1. The van der Waals surface area contributed by atoms with E-state index in [4.69, 9.17) is 11.6 Å². The maximum atomic E-state index is 14.4. The lowest BCUT2D eigenvalue weighted by Gasteiger charge is -2.55. The molecule has 28 heavy (non-hydrogen) atoms. The second kappa shape index (κ2) is 6.87. The number of halogens is 2. The summed E-state index contributed by atoms with van der Waals surface area (Å²) in [7, 11) is 0. The smallest absolute Gasteiger partial charge is 0.253 e. The summed E-state index contributed by atoms with van der Waals surface area (Å²) in [5.41, 5.74) is 0.881. The first-order valence-electron chi connectivity index (χ1n) is 9.11.